The first-order chi connectivity index (χ1) is 12.1. The predicted octanol–water partition coefficient (Wildman–Crippen LogP) is 1.75. The Balaban J connectivity index is 1.57. The lowest BCUT2D eigenvalue weighted by atomic mass is 9.72. The van der Waals surface area contributed by atoms with Crippen molar-refractivity contribution in [2.75, 3.05) is 39.5 Å². The molecule has 1 aliphatic heterocycles. The van der Waals surface area contributed by atoms with E-state index in [1.807, 2.05) is 6.92 Å². The molecule has 1 N–H and O–H groups in total. The molecule has 0 unspecified atom stereocenters. The molecule has 0 radical (unpaired) electrons. The number of amides is 1. The Kier molecular flexibility index (Phi) is 6.04. The molecular weight excluding hydrogens is 323 g/mol. The van der Waals surface area contributed by atoms with E-state index in [4.69, 9.17) is 9.47 Å². The van der Waals surface area contributed by atoms with Crippen LogP contribution in [0.1, 0.15) is 25.3 Å². The number of carbonyl (C=O) groups excluding carboxylic acids is 1. The minimum absolute atomic E-state index is 0.0610. The zero-order chi connectivity index (χ0) is 17.7. The van der Waals surface area contributed by atoms with Crippen molar-refractivity contribution in [1.82, 2.24) is 10.2 Å². The molecule has 3 rings (SSSR count). The van der Waals surface area contributed by atoms with Gasteiger partial charge < -0.3 is 14.8 Å². The molecule has 0 spiro atoms. The van der Waals surface area contributed by atoms with Crippen molar-refractivity contribution >= 4 is 5.91 Å². The largest absolute Gasteiger partial charge is 0.379 e. The molecule has 1 aromatic carbocycles. The van der Waals surface area contributed by atoms with E-state index in [-0.39, 0.29) is 29.8 Å². The van der Waals surface area contributed by atoms with Crippen LogP contribution in [0.2, 0.25) is 0 Å². The molecule has 0 aromatic heterocycles. The monoisotopic (exact) mass is 350 g/mol. The van der Waals surface area contributed by atoms with Gasteiger partial charge in [0.2, 0.25) is 5.91 Å². The number of hydrogen-bond donors (Lipinski definition) is 1. The maximum Gasteiger partial charge on any atom is 0.224 e. The van der Waals surface area contributed by atoms with Crippen LogP contribution in [0.3, 0.4) is 0 Å². The van der Waals surface area contributed by atoms with Crippen molar-refractivity contribution in [1.29, 1.82) is 0 Å². The maximum atomic E-state index is 13.7. The van der Waals surface area contributed by atoms with Gasteiger partial charge in [0.1, 0.15) is 5.82 Å². The molecule has 138 valence electrons. The maximum absolute atomic E-state index is 13.7. The first kappa shape index (κ1) is 18.3. The highest BCUT2D eigenvalue weighted by atomic mass is 19.1. The zero-order valence-electron chi connectivity index (χ0n) is 14.8. The van der Waals surface area contributed by atoms with Gasteiger partial charge in [-0.15, -0.1) is 0 Å². The molecule has 0 atom stereocenters. The lowest BCUT2D eigenvalue weighted by Crippen LogP contribution is -2.67. The summed E-state index contributed by atoms with van der Waals surface area (Å²) in [6.45, 7) is 6.50. The van der Waals surface area contributed by atoms with E-state index in [0.29, 0.717) is 18.7 Å². The summed E-state index contributed by atoms with van der Waals surface area (Å²) >= 11 is 0. The van der Waals surface area contributed by atoms with Gasteiger partial charge in [0.25, 0.3) is 0 Å². The molecule has 1 heterocycles. The minimum atomic E-state index is -0.333. The Morgan fingerprint density at radius 2 is 2.08 bits per heavy atom. The van der Waals surface area contributed by atoms with E-state index in [0.717, 1.165) is 39.1 Å². The number of nitrogens with zero attached hydrogens (tertiary/aromatic N) is 1. The summed E-state index contributed by atoms with van der Waals surface area (Å²) in [6, 6.07) is 6.42. The fourth-order valence-corrected chi connectivity index (χ4v) is 3.83. The fraction of sp³-hybridized carbons (Fsp3) is 0.632. The number of ether oxygens (including phenoxy) is 2. The Hall–Kier alpha value is -1.50. The van der Waals surface area contributed by atoms with Gasteiger partial charge in [0.15, 0.2) is 0 Å². The first-order valence-corrected chi connectivity index (χ1v) is 9.07. The van der Waals surface area contributed by atoms with Gasteiger partial charge in [-0.1, -0.05) is 18.2 Å². The van der Waals surface area contributed by atoms with E-state index < -0.39 is 0 Å². The van der Waals surface area contributed by atoms with Crippen LogP contribution in [-0.2, 0) is 20.7 Å². The molecule has 2 fully saturated rings. The smallest absolute Gasteiger partial charge is 0.224 e. The van der Waals surface area contributed by atoms with E-state index in [9.17, 15) is 9.18 Å². The Morgan fingerprint density at radius 1 is 1.36 bits per heavy atom. The number of benzene rings is 1. The van der Waals surface area contributed by atoms with E-state index >= 15 is 0 Å². The van der Waals surface area contributed by atoms with Gasteiger partial charge >= 0.3 is 0 Å². The molecule has 1 aliphatic carbocycles. The average Bonchev–Trinajstić information content (AvgIpc) is 2.60. The molecule has 1 aromatic rings. The molecule has 5 nitrogen and oxygen atoms in total. The van der Waals surface area contributed by atoms with E-state index in [2.05, 4.69) is 10.2 Å². The number of morpholine rings is 1. The highest BCUT2D eigenvalue weighted by molar-refractivity contribution is 5.78. The quantitative estimate of drug-likeness (QED) is 0.814. The van der Waals surface area contributed by atoms with Gasteiger partial charge in [-0.05, 0) is 31.4 Å². The van der Waals surface area contributed by atoms with Crippen molar-refractivity contribution in [2.45, 2.75) is 37.8 Å². The molecular formula is C19H27FN2O3. The third-order valence-corrected chi connectivity index (χ3v) is 5.22. The molecule has 1 saturated heterocycles. The molecule has 1 saturated carbocycles. The van der Waals surface area contributed by atoms with E-state index in [1.54, 1.807) is 18.2 Å². The van der Waals surface area contributed by atoms with Gasteiger partial charge in [0, 0.05) is 31.8 Å². The summed E-state index contributed by atoms with van der Waals surface area (Å²) in [5, 5.41) is 3.02. The second-order valence-electron chi connectivity index (χ2n) is 6.85. The van der Waals surface area contributed by atoms with Crippen LogP contribution in [-0.4, -0.2) is 61.9 Å². The van der Waals surface area contributed by atoms with Crippen LogP contribution in [0.25, 0.3) is 0 Å². The second kappa shape index (κ2) is 8.25. The van der Waals surface area contributed by atoms with Crippen molar-refractivity contribution in [3.63, 3.8) is 0 Å². The third-order valence-electron chi connectivity index (χ3n) is 5.22. The standard InChI is InChI=1S/C19H27FN2O3/c1-2-25-16-12-19(13-16,22-7-9-24-10-8-22)14-21-18(23)11-15-5-3-4-6-17(15)20/h3-6,16H,2,7-14H2,1H3,(H,21,23). The van der Waals surface area contributed by atoms with Gasteiger partial charge in [0.05, 0.1) is 25.7 Å². The SMILES string of the molecule is CCOC1CC(CNC(=O)Cc2ccccc2F)(N2CCOCC2)C1. The number of hydrogen-bond acceptors (Lipinski definition) is 4. The second-order valence-corrected chi connectivity index (χ2v) is 6.85. The van der Waals surface area contributed by atoms with Crippen LogP contribution < -0.4 is 5.32 Å². The lowest BCUT2D eigenvalue weighted by molar-refractivity contribution is -0.134. The van der Waals surface area contributed by atoms with E-state index in [1.165, 1.54) is 6.07 Å². The molecule has 6 heteroatoms. The summed E-state index contributed by atoms with van der Waals surface area (Å²) in [7, 11) is 0. The van der Waals surface area contributed by atoms with Crippen LogP contribution in [0.15, 0.2) is 24.3 Å². The van der Waals surface area contributed by atoms with Crippen LogP contribution in [0.5, 0.6) is 0 Å². The van der Waals surface area contributed by atoms with Crippen molar-refractivity contribution in [3.8, 4) is 0 Å². The Labute approximate surface area is 148 Å². The van der Waals surface area contributed by atoms with Crippen LogP contribution in [0.4, 0.5) is 4.39 Å². The highest BCUT2D eigenvalue weighted by Gasteiger charge is 2.49. The topological polar surface area (TPSA) is 50.8 Å². The summed E-state index contributed by atoms with van der Waals surface area (Å²) in [5.74, 6) is -0.474. The molecule has 2 aliphatic rings. The Morgan fingerprint density at radius 3 is 2.76 bits per heavy atom. The summed E-state index contributed by atoms with van der Waals surface area (Å²) in [5.41, 5.74) is 0.371. The molecule has 0 bridgehead atoms. The van der Waals surface area contributed by atoms with Gasteiger partial charge in [-0.3, -0.25) is 9.69 Å². The highest BCUT2D eigenvalue weighted by Crippen LogP contribution is 2.39. The summed E-state index contributed by atoms with van der Waals surface area (Å²) in [6.07, 6.45) is 2.17. The average molecular weight is 350 g/mol. The predicted molar refractivity (Wildman–Crippen MR) is 92.9 cm³/mol. The van der Waals surface area contributed by atoms with Gasteiger partial charge in [-0.25, -0.2) is 4.39 Å². The molecule has 25 heavy (non-hydrogen) atoms. The number of carbonyl (C=O) groups is 1. The van der Waals surface area contributed by atoms with Crippen LogP contribution in [0, 0.1) is 5.82 Å². The molecule has 1 amide bonds. The number of nitrogens with one attached hydrogen (secondary N) is 1. The first-order valence-electron chi connectivity index (χ1n) is 9.07. The minimum Gasteiger partial charge on any atom is -0.379 e. The van der Waals surface area contributed by atoms with Gasteiger partial charge in [-0.2, -0.15) is 0 Å². The number of halogens is 1. The van der Waals surface area contributed by atoms with Crippen LogP contribution >= 0.6 is 0 Å². The van der Waals surface area contributed by atoms with Crippen molar-refractivity contribution < 1.29 is 18.7 Å². The lowest BCUT2D eigenvalue weighted by Gasteiger charge is -2.55. The zero-order valence-corrected chi connectivity index (χ0v) is 14.8. The third kappa shape index (κ3) is 4.37. The number of rotatable bonds is 7. The Bertz CT molecular complexity index is 584. The van der Waals surface area contributed by atoms with Crippen molar-refractivity contribution in [3.05, 3.63) is 35.6 Å². The summed E-state index contributed by atoms with van der Waals surface area (Å²) in [4.78, 5) is 14.7. The summed E-state index contributed by atoms with van der Waals surface area (Å²) < 4.78 is 24.9. The van der Waals surface area contributed by atoms with Crippen molar-refractivity contribution in [2.24, 2.45) is 0 Å². The fourth-order valence-electron chi connectivity index (χ4n) is 3.83. The normalized spacial score (nSPS) is 26.9.